The molecule has 1 aromatic heterocycles. The second-order valence-corrected chi connectivity index (χ2v) is 7.26. The Labute approximate surface area is 174 Å². The summed E-state index contributed by atoms with van der Waals surface area (Å²) in [6.07, 6.45) is 7.64. The number of aryl methyl sites for hydroxylation is 2. The van der Waals surface area contributed by atoms with Crippen molar-refractivity contribution < 1.29 is 0 Å². The maximum atomic E-state index is 4.79. The minimum atomic E-state index is 0. The van der Waals surface area contributed by atoms with Crippen molar-refractivity contribution in [3.63, 3.8) is 0 Å². The first-order valence-corrected chi connectivity index (χ1v) is 9.83. The third-order valence-electron chi connectivity index (χ3n) is 5.31. The van der Waals surface area contributed by atoms with Gasteiger partial charge in [0.2, 0.25) is 0 Å². The lowest BCUT2D eigenvalue weighted by Crippen LogP contribution is -2.42. The Morgan fingerprint density at radius 3 is 2.77 bits per heavy atom. The number of aromatic nitrogens is 3. The van der Waals surface area contributed by atoms with Crippen molar-refractivity contribution in [2.24, 2.45) is 4.99 Å². The predicted octanol–water partition coefficient (Wildman–Crippen LogP) is 2.47. The van der Waals surface area contributed by atoms with Crippen LogP contribution in [0.4, 0.5) is 0 Å². The van der Waals surface area contributed by atoms with E-state index in [4.69, 9.17) is 4.99 Å². The lowest BCUT2D eigenvalue weighted by atomic mass is 10.1. The lowest BCUT2D eigenvalue weighted by molar-refractivity contribution is 0.252. The van der Waals surface area contributed by atoms with Crippen LogP contribution in [0.15, 0.2) is 4.99 Å². The molecule has 0 radical (unpaired) electrons. The van der Waals surface area contributed by atoms with Gasteiger partial charge in [-0.2, -0.15) is 5.10 Å². The molecule has 0 spiro atoms. The maximum Gasteiger partial charge on any atom is 0.191 e. The molecule has 1 aliphatic heterocycles. The van der Waals surface area contributed by atoms with Gasteiger partial charge in [0.15, 0.2) is 5.96 Å². The second-order valence-electron chi connectivity index (χ2n) is 7.26. The Balaban J connectivity index is 0.00000243. The molecule has 1 fully saturated rings. The Morgan fingerprint density at radius 2 is 2.04 bits per heavy atom. The molecule has 3 rings (SSSR count). The highest BCUT2D eigenvalue weighted by Crippen LogP contribution is 2.23. The molecule has 1 atom stereocenters. The van der Waals surface area contributed by atoms with Gasteiger partial charge in [-0.1, -0.05) is 12.8 Å². The van der Waals surface area contributed by atoms with Crippen LogP contribution >= 0.6 is 24.0 Å². The summed E-state index contributed by atoms with van der Waals surface area (Å²) >= 11 is 0. The van der Waals surface area contributed by atoms with Crippen molar-refractivity contribution in [2.45, 2.75) is 71.0 Å². The smallest absolute Gasteiger partial charge is 0.191 e. The second kappa shape index (κ2) is 10.4. The minimum Gasteiger partial charge on any atom is -0.357 e. The van der Waals surface area contributed by atoms with Gasteiger partial charge >= 0.3 is 0 Å². The fraction of sp³-hybridized carbons (Fsp3) is 0.833. The largest absolute Gasteiger partial charge is 0.357 e. The van der Waals surface area contributed by atoms with E-state index in [1.165, 1.54) is 25.7 Å². The van der Waals surface area contributed by atoms with E-state index in [9.17, 15) is 0 Å². The van der Waals surface area contributed by atoms with Crippen LogP contribution in [0.25, 0.3) is 0 Å². The highest BCUT2D eigenvalue weighted by molar-refractivity contribution is 14.0. The van der Waals surface area contributed by atoms with Crippen LogP contribution in [0.1, 0.15) is 63.1 Å². The molecule has 148 valence electrons. The van der Waals surface area contributed by atoms with Gasteiger partial charge in [0.25, 0.3) is 0 Å². The third kappa shape index (κ3) is 5.55. The number of nitrogens with one attached hydrogen (secondary N) is 2. The van der Waals surface area contributed by atoms with Crippen molar-refractivity contribution in [1.29, 1.82) is 0 Å². The van der Waals surface area contributed by atoms with Crippen LogP contribution in [0, 0.1) is 6.92 Å². The number of fused-ring (bicyclic) bond motifs is 1. The van der Waals surface area contributed by atoms with Crippen molar-refractivity contribution in [1.82, 2.24) is 30.3 Å². The molecule has 2 N–H and O–H groups in total. The van der Waals surface area contributed by atoms with Gasteiger partial charge < -0.3 is 15.5 Å². The minimum absolute atomic E-state index is 0. The highest BCUT2D eigenvalue weighted by atomic mass is 127. The van der Waals surface area contributed by atoms with Crippen molar-refractivity contribution >= 4 is 29.9 Å². The molecule has 1 unspecified atom stereocenters. The molecule has 8 heteroatoms. The van der Waals surface area contributed by atoms with Gasteiger partial charge in [0.05, 0.1) is 12.6 Å². The average Bonchev–Trinajstić information content (AvgIpc) is 3.24. The molecule has 0 amide bonds. The van der Waals surface area contributed by atoms with Crippen molar-refractivity contribution in [3.8, 4) is 0 Å². The number of aliphatic imine (C=N–C) groups is 1. The Bertz CT molecular complexity index is 580. The van der Waals surface area contributed by atoms with Gasteiger partial charge in [-0.15, -0.1) is 24.0 Å². The predicted molar refractivity (Wildman–Crippen MR) is 116 cm³/mol. The van der Waals surface area contributed by atoms with Crippen LogP contribution in [0.3, 0.4) is 0 Å². The molecule has 26 heavy (non-hydrogen) atoms. The van der Waals surface area contributed by atoms with Crippen LogP contribution in [-0.2, 0) is 6.54 Å². The SMILES string of the molecule is CCNC(=NCCN(C)C1CCCC1)NC1CCCn2nc(C)nc21.I. The molecular formula is C18H34IN7. The Morgan fingerprint density at radius 1 is 1.27 bits per heavy atom. The average molecular weight is 475 g/mol. The van der Waals surface area contributed by atoms with Crippen molar-refractivity contribution in [3.05, 3.63) is 11.6 Å². The van der Waals surface area contributed by atoms with Gasteiger partial charge in [-0.25, -0.2) is 9.67 Å². The normalized spacial score (nSPS) is 20.8. The van der Waals surface area contributed by atoms with Gasteiger partial charge in [-0.05, 0) is 46.6 Å². The number of halogens is 1. The molecule has 2 heterocycles. The van der Waals surface area contributed by atoms with E-state index in [1.54, 1.807) is 0 Å². The van der Waals surface area contributed by atoms with E-state index in [1.807, 2.05) is 11.6 Å². The first-order chi connectivity index (χ1) is 12.2. The number of likely N-dealkylation sites (N-methyl/N-ethyl adjacent to an activating group) is 1. The molecule has 0 bridgehead atoms. The monoisotopic (exact) mass is 475 g/mol. The molecule has 7 nitrogen and oxygen atoms in total. The molecule has 1 aromatic rings. The van der Waals surface area contributed by atoms with Gasteiger partial charge in [0.1, 0.15) is 11.6 Å². The maximum absolute atomic E-state index is 4.79. The first-order valence-electron chi connectivity index (χ1n) is 9.83. The third-order valence-corrected chi connectivity index (χ3v) is 5.31. The van der Waals surface area contributed by atoms with Crippen LogP contribution in [0.5, 0.6) is 0 Å². The molecule has 2 aliphatic rings. The Hall–Kier alpha value is -0.900. The zero-order valence-corrected chi connectivity index (χ0v) is 18.7. The first kappa shape index (κ1) is 21.4. The fourth-order valence-electron chi connectivity index (χ4n) is 3.94. The summed E-state index contributed by atoms with van der Waals surface area (Å²) in [4.78, 5) is 11.9. The number of guanidine groups is 1. The number of hydrogen-bond donors (Lipinski definition) is 2. The van der Waals surface area contributed by atoms with E-state index in [-0.39, 0.29) is 30.0 Å². The quantitative estimate of drug-likeness (QED) is 0.376. The molecule has 0 saturated heterocycles. The lowest BCUT2D eigenvalue weighted by Gasteiger charge is -2.26. The standard InChI is InChI=1S/C18H33N7.HI/c1-4-19-18(20-11-13-24(3)15-8-5-6-9-15)22-16-10-7-12-25-17(16)21-14(2)23-25;/h15-16H,4-13H2,1-3H3,(H2,19,20,22);1H. The molecular weight excluding hydrogens is 441 g/mol. The van der Waals surface area contributed by atoms with E-state index in [2.05, 4.69) is 39.6 Å². The van der Waals surface area contributed by atoms with Crippen LogP contribution < -0.4 is 10.6 Å². The Kier molecular flexibility index (Phi) is 8.59. The van der Waals surface area contributed by atoms with Crippen LogP contribution in [0.2, 0.25) is 0 Å². The molecule has 0 aromatic carbocycles. The summed E-state index contributed by atoms with van der Waals surface area (Å²) in [5, 5.41) is 11.4. The van der Waals surface area contributed by atoms with E-state index >= 15 is 0 Å². The van der Waals surface area contributed by atoms with Crippen molar-refractivity contribution in [2.75, 3.05) is 26.7 Å². The molecule has 1 aliphatic carbocycles. The summed E-state index contributed by atoms with van der Waals surface area (Å²) in [5.74, 6) is 2.78. The summed E-state index contributed by atoms with van der Waals surface area (Å²) < 4.78 is 2.04. The fourth-order valence-corrected chi connectivity index (χ4v) is 3.94. The summed E-state index contributed by atoms with van der Waals surface area (Å²) in [6.45, 7) is 7.73. The van der Waals surface area contributed by atoms with Gasteiger partial charge in [0, 0.05) is 25.7 Å². The van der Waals surface area contributed by atoms with Gasteiger partial charge in [-0.3, -0.25) is 4.99 Å². The summed E-state index contributed by atoms with van der Waals surface area (Å²) in [6, 6.07) is 0.950. The van der Waals surface area contributed by atoms with Crippen LogP contribution in [-0.4, -0.2) is 58.3 Å². The number of nitrogens with zero attached hydrogens (tertiary/aromatic N) is 5. The topological polar surface area (TPSA) is 70.4 Å². The zero-order chi connectivity index (χ0) is 17.6. The van der Waals surface area contributed by atoms with E-state index < -0.39 is 0 Å². The highest BCUT2D eigenvalue weighted by Gasteiger charge is 2.24. The summed E-state index contributed by atoms with van der Waals surface area (Å²) in [7, 11) is 2.23. The zero-order valence-electron chi connectivity index (χ0n) is 16.4. The molecule has 1 saturated carbocycles. The van der Waals surface area contributed by atoms with E-state index in [0.717, 1.165) is 62.7 Å². The van der Waals surface area contributed by atoms with E-state index in [0.29, 0.717) is 0 Å². The number of hydrogen-bond acceptors (Lipinski definition) is 4. The number of rotatable bonds is 6. The summed E-state index contributed by atoms with van der Waals surface area (Å²) in [5.41, 5.74) is 0.